The molecule has 162 valence electrons. The number of carbonyl (C=O) groups excluding carboxylic acids is 3. The van der Waals surface area contributed by atoms with Gasteiger partial charge in [-0.2, -0.15) is 0 Å². The third kappa shape index (κ3) is 2.44. The maximum atomic E-state index is 14.2. The molecule has 6 rings (SSSR count). The van der Waals surface area contributed by atoms with Crippen molar-refractivity contribution in [2.75, 3.05) is 4.90 Å². The van der Waals surface area contributed by atoms with Gasteiger partial charge < -0.3 is 4.90 Å². The number of ketones is 3. The lowest BCUT2D eigenvalue weighted by Gasteiger charge is -2.37. The van der Waals surface area contributed by atoms with Gasteiger partial charge in [0.2, 0.25) is 0 Å². The van der Waals surface area contributed by atoms with Crippen LogP contribution in [0.2, 0.25) is 0 Å². The molecule has 33 heavy (non-hydrogen) atoms. The number of hydrogen-bond donors (Lipinski definition) is 0. The molecule has 4 nitrogen and oxygen atoms in total. The van der Waals surface area contributed by atoms with Gasteiger partial charge in [0.05, 0.1) is 12.1 Å². The summed E-state index contributed by atoms with van der Waals surface area (Å²) >= 11 is 0. The van der Waals surface area contributed by atoms with Crippen molar-refractivity contribution in [1.29, 1.82) is 0 Å². The van der Waals surface area contributed by atoms with Gasteiger partial charge in [0, 0.05) is 22.7 Å². The van der Waals surface area contributed by atoms with Crippen LogP contribution in [0.1, 0.15) is 50.2 Å². The van der Waals surface area contributed by atoms with Crippen molar-refractivity contribution in [3.8, 4) is 0 Å². The molecule has 1 fully saturated rings. The summed E-state index contributed by atoms with van der Waals surface area (Å²) in [7, 11) is 0. The highest BCUT2D eigenvalue weighted by Crippen LogP contribution is 2.60. The Kier molecular flexibility index (Phi) is 4.12. The van der Waals surface area contributed by atoms with Gasteiger partial charge >= 0.3 is 0 Å². The Morgan fingerprint density at radius 2 is 1.52 bits per heavy atom. The van der Waals surface area contributed by atoms with Crippen LogP contribution >= 0.6 is 0 Å². The third-order valence-corrected chi connectivity index (χ3v) is 7.54. The molecular formula is C29H23NO3. The second kappa shape index (κ2) is 6.85. The quantitative estimate of drug-likeness (QED) is 0.533. The maximum Gasteiger partial charge on any atom is 0.180 e. The molecule has 0 N–H and O–H groups in total. The van der Waals surface area contributed by atoms with Crippen molar-refractivity contribution in [3.63, 3.8) is 0 Å². The van der Waals surface area contributed by atoms with Gasteiger partial charge in [0.25, 0.3) is 0 Å². The molecule has 0 amide bonds. The van der Waals surface area contributed by atoms with E-state index in [2.05, 4.69) is 6.07 Å². The molecule has 0 radical (unpaired) electrons. The first kappa shape index (κ1) is 19.9. The van der Waals surface area contributed by atoms with E-state index in [0.29, 0.717) is 11.1 Å². The smallest absolute Gasteiger partial charge is 0.180 e. The number of benzene rings is 3. The molecule has 0 saturated carbocycles. The summed E-state index contributed by atoms with van der Waals surface area (Å²) in [6.07, 6.45) is 3.95. The van der Waals surface area contributed by atoms with Gasteiger partial charge in [0.1, 0.15) is 5.41 Å². The lowest BCUT2D eigenvalue weighted by molar-refractivity contribution is -0.118. The summed E-state index contributed by atoms with van der Waals surface area (Å²) < 4.78 is 0. The number of aryl methyl sites for hydroxylation is 1. The topological polar surface area (TPSA) is 54.5 Å². The lowest BCUT2D eigenvalue weighted by Crippen LogP contribution is -2.48. The van der Waals surface area contributed by atoms with Gasteiger partial charge in [-0.1, -0.05) is 78.9 Å². The predicted octanol–water partition coefficient (Wildman–Crippen LogP) is 5.02. The second-order valence-electron chi connectivity index (χ2n) is 9.29. The van der Waals surface area contributed by atoms with Crippen LogP contribution in [0.15, 0.2) is 78.9 Å². The Hall–Kier alpha value is -3.79. The van der Waals surface area contributed by atoms with Crippen molar-refractivity contribution in [1.82, 2.24) is 0 Å². The van der Waals surface area contributed by atoms with Crippen LogP contribution in [0.25, 0.3) is 6.08 Å². The molecule has 1 aliphatic carbocycles. The van der Waals surface area contributed by atoms with E-state index in [1.54, 1.807) is 31.2 Å². The van der Waals surface area contributed by atoms with Crippen molar-refractivity contribution in [2.24, 2.45) is 5.41 Å². The molecule has 1 spiro atoms. The number of carbonyl (C=O) groups is 3. The zero-order chi connectivity index (χ0) is 22.9. The van der Waals surface area contributed by atoms with Gasteiger partial charge in [-0.3, -0.25) is 14.4 Å². The van der Waals surface area contributed by atoms with Crippen LogP contribution in [0.4, 0.5) is 5.69 Å². The zero-order valence-corrected chi connectivity index (χ0v) is 18.5. The average molecular weight is 434 g/mol. The summed E-state index contributed by atoms with van der Waals surface area (Å²) in [4.78, 5) is 43.8. The third-order valence-electron chi connectivity index (χ3n) is 7.54. The van der Waals surface area contributed by atoms with Crippen molar-refractivity contribution in [2.45, 2.75) is 31.8 Å². The number of nitrogens with zero attached hydrogens (tertiary/aromatic N) is 1. The lowest BCUT2D eigenvalue weighted by atomic mass is 9.64. The minimum Gasteiger partial charge on any atom is -0.352 e. The van der Waals surface area contributed by atoms with E-state index in [4.69, 9.17) is 0 Å². The normalized spacial score (nSPS) is 24.1. The Labute approximate surface area is 192 Å². The summed E-state index contributed by atoms with van der Waals surface area (Å²) in [5.41, 5.74) is 3.31. The van der Waals surface area contributed by atoms with E-state index in [-0.39, 0.29) is 17.3 Å². The molecule has 3 aliphatic rings. The number of rotatable bonds is 2. The summed E-state index contributed by atoms with van der Waals surface area (Å²) in [6.45, 7) is 3.58. The Morgan fingerprint density at radius 3 is 2.15 bits per heavy atom. The Morgan fingerprint density at radius 1 is 0.879 bits per heavy atom. The maximum absolute atomic E-state index is 14.2. The summed E-state index contributed by atoms with van der Waals surface area (Å²) in [5, 5.41) is 0. The molecule has 3 aromatic carbocycles. The van der Waals surface area contributed by atoms with E-state index in [9.17, 15) is 14.4 Å². The minimum absolute atomic E-state index is 0.0509. The molecule has 3 aromatic rings. The molecule has 2 heterocycles. The molecule has 1 unspecified atom stereocenters. The first-order valence-corrected chi connectivity index (χ1v) is 11.3. The van der Waals surface area contributed by atoms with Crippen LogP contribution in [0.5, 0.6) is 0 Å². The highest BCUT2D eigenvalue weighted by Gasteiger charge is 2.71. The highest BCUT2D eigenvalue weighted by molar-refractivity contribution is 6.32. The van der Waals surface area contributed by atoms with E-state index >= 15 is 0 Å². The van der Waals surface area contributed by atoms with E-state index in [1.165, 1.54) is 0 Å². The summed E-state index contributed by atoms with van der Waals surface area (Å²) in [5.74, 6) is -1.01. The van der Waals surface area contributed by atoms with Crippen LogP contribution in [0, 0.1) is 12.3 Å². The van der Waals surface area contributed by atoms with E-state index < -0.39 is 23.4 Å². The van der Waals surface area contributed by atoms with Gasteiger partial charge in [-0.15, -0.1) is 0 Å². The molecule has 0 bridgehead atoms. The number of anilines is 1. The predicted molar refractivity (Wildman–Crippen MR) is 128 cm³/mol. The Balaban J connectivity index is 1.69. The molecular weight excluding hydrogens is 410 g/mol. The molecule has 2 aliphatic heterocycles. The van der Waals surface area contributed by atoms with Gasteiger partial charge in [-0.05, 0) is 36.6 Å². The fourth-order valence-electron chi connectivity index (χ4n) is 6.26. The number of hydrogen-bond acceptors (Lipinski definition) is 4. The first-order chi connectivity index (χ1) is 16.0. The monoisotopic (exact) mass is 433 g/mol. The fourth-order valence-corrected chi connectivity index (χ4v) is 6.26. The van der Waals surface area contributed by atoms with E-state index in [0.717, 1.165) is 22.4 Å². The largest absolute Gasteiger partial charge is 0.352 e. The van der Waals surface area contributed by atoms with Crippen molar-refractivity contribution < 1.29 is 14.4 Å². The molecule has 1 saturated heterocycles. The number of fused-ring (bicyclic) bond motifs is 5. The van der Waals surface area contributed by atoms with Gasteiger partial charge in [0.15, 0.2) is 17.3 Å². The van der Waals surface area contributed by atoms with Crippen LogP contribution in [-0.4, -0.2) is 29.4 Å². The average Bonchev–Trinajstić information content (AvgIpc) is 3.27. The van der Waals surface area contributed by atoms with Gasteiger partial charge in [-0.25, -0.2) is 0 Å². The highest BCUT2D eigenvalue weighted by atomic mass is 16.2. The Bertz CT molecular complexity index is 1340. The second-order valence-corrected chi connectivity index (χ2v) is 9.29. The standard InChI is InChI=1S/C29H23NO3/c1-17-12-13-19-14-15-24-29(27(32)21-10-6-7-11-22(21)28(29)33)25(20-8-4-3-5-9-20)26(18(2)31)30(24)23(19)16-17/h3-16,24-26H,1-2H3/t24?,25-,26-/m0/s1. The van der Waals surface area contributed by atoms with Crippen LogP contribution in [-0.2, 0) is 4.79 Å². The molecule has 4 heteroatoms. The first-order valence-electron chi connectivity index (χ1n) is 11.3. The molecule has 3 atom stereocenters. The minimum atomic E-state index is -1.39. The van der Waals surface area contributed by atoms with Crippen LogP contribution < -0.4 is 4.90 Å². The fraction of sp³-hybridized carbons (Fsp3) is 0.207. The SMILES string of the molecule is CC(=O)[C@H]1[C@H](c2ccccc2)C2(C(=O)c3ccccc3C2=O)C2C=Cc3ccc(C)cc3N21. The zero-order valence-electron chi connectivity index (χ0n) is 18.5. The molecule has 0 aromatic heterocycles. The van der Waals surface area contributed by atoms with E-state index in [1.807, 2.05) is 66.4 Å². The van der Waals surface area contributed by atoms with Crippen LogP contribution in [0.3, 0.4) is 0 Å². The summed E-state index contributed by atoms with van der Waals surface area (Å²) in [6, 6.07) is 21.6. The van der Waals surface area contributed by atoms with Crippen molar-refractivity contribution >= 4 is 29.1 Å². The number of Topliss-reactive ketones (excluding diaryl/α,β-unsaturated/α-hetero) is 3. The van der Waals surface area contributed by atoms with Crippen molar-refractivity contribution in [3.05, 3.63) is 107 Å².